The number of nitrogens with one attached hydrogen (secondary N) is 1. The lowest BCUT2D eigenvalue weighted by molar-refractivity contribution is -0.128. The predicted octanol–water partition coefficient (Wildman–Crippen LogP) is 3.43. The molecule has 25 heavy (non-hydrogen) atoms. The van der Waals surface area contributed by atoms with Crippen LogP contribution >= 0.6 is 0 Å². The summed E-state index contributed by atoms with van der Waals surface area (Å²) < 4.78 is 5.63. The molecule has 0 unspecified atom stereocenters. The highest BCUT2D eigenvalue weighted by atomic mass is 16.5. The van der Waals surface area contributed by atoms with E-state index in [9.17, 15) is 9.59 Å². The van der Waals surface area contributed by atoms with E-state index in [0.717, 1.165) is 5.56 Å². The molecular weight excluding hydrogens is 316 g/mol. The van der Waals surface area contributed by atoms with Crippen molar-refractivity contribution in [1.82, 2.24) is 5.32 Å². The molecule has 1 N–H and O–H groups in total. The largest absolute Gasteiger partial charge is 0.481 e. The smallest absolute Gasteiger partial charge is 0.261 e. The van der Waals surface area contributed by atoms with E-state index in [1.54, 1.807) is 31.2 Å². The summed E-state index contributed by atoms with van der Waals surface area (Å²) in [6, 6.07) is 17.7. The molecule has 2 aromatic rings. The minimum Gasteiger partial charge on any atom is -0.481 e. The Kier molecular flexibility index (Phi) is 6.30. The number of nitrogens with zero attached hydrogens (tertiary/aromatic N) is 1. The van der Waals surface area contributed by atoms with Crippen LogP contribution in [-0.2, 0) is 4.79 Å². The first kappa shape index (κ1) is 18.2. The zero-order valence-electron chi connectivity index (χ0n) is 14.2. The van der Waals surface area contributed by atoms with Gasteiger partial charge in [0.2, 0.25) is 0 Å². The van der Waals surface area contributed by atoms with Crippen molar-refractivity contribution in [3.63, 3.8) is 0 Å². The van der Waals surface area contributed by atoms with E-state index in [1.165, 1.54) is 6.92 Å². The summed E-state index contributed by atoms with van der Waals surface area (Å²) in [7, 11) is 0. The molecular formula is C20H20N2O3. The van der Waals surface area contributed by atoms with Gasteiger partial charge in [0, 0.05) is 5.56 Å². The minimum absolute atomic E-state index is 0.0688. The molecule has 0 aromatic heterocycles. The van der Waals surface area contributed by atoms with Gasteiger partial charge in [-0.15, -0.1) is 0 Å². The van der Waals surface area contributed by atoms with Gasteiger partial charge in [-0.3, -0.25) is 9.59 Å². The average molecular weight is 336 g/mol. The Morgan fingerprint density at radius 1 is 1.16 bits per heavy atom. The summed E-state index contributed by atoms with van der Waals surface area (Å²) in [5.41, 5.74) is 1.39. The van der Waals surface area contributed by atoms with Crippen LogP contribution in [0.15, 0.2) is 54.6 Å². The number of ether oxygens (including phenoxy) is 1. The highest BCUT2D eigenvalue weighted by Gasteiger charge is 2.20. The topological polar surface area (TPSA) is 79.2 Å². The zero-order chi connectivity index (χ0) is 18.2. The Hall–Kier alpha value is -3.13. The molecule has 0 aliphatic heterocycles. The Balaban J connectivity index is 2.05. The third-order valence-electron chi connectivity index (χ3n) is 3.74. The van der Waals surface area contributed by atoms with Gasteiger partial charge in [0.05, 0.1) is 18.5 Å². The highest BCUT2D eigenvalue weighted by molar-refractivity contribution is 5.94. The van der Waals surface area contributed by atoms with E-state index in [4.69, 9.17) is 10.00 Å². The maximum absolute atomic E-state index is 12.4. The maximum atomic E-state index is 12.4. The summed E-state index contributed by atoms with van der Waals surface area (Å²) in [4.78, 5) is 23.8. The summed E-state index contributed by atoms with van der Waals surface area (Å²) >= 11 is 0. The molecule has 128 valence electrons. The van der Waals surface area contributed by atoms with Crippen molar-refractivity contribution in [3.05, 3.63) is 65.7 Å². The number of hydrogen-bond acceptors (Lipinski definition) is 4. The van der Waals surface area contributed by atoms with Crippen molar-refractivity contribution in [2.45, 2.75) is 32.4 Å². The quantitative estimate of drug-likeness (QED) is 0.786. The number of Topliss-reactive ketones (excluding diaryl/α,β-unsaturated/α-hetero) is 1. The lowest BCUT2D eigenvalue weighted by Gasteiger charge is -2.20. The number of carbonyl (C=O) groups is 2. The van der Waals surface area contributed by atoms with E-state index in [2.05, 4.69) is 11.4 Å². The van der Waals surface area contributed by atoms with Gasteiger partial charge < -0.3 is 10.1 Å². The summed E-state index contributed by atoms with van der Waals surface area (Å²) in [6.07, 6.45) is -0.588. The lowest BCUT2D eigenvalue weighted by Crippen LogP contribution is -2.38. The van der Waals surface area contributed by atoms with Crippen molar-refractivity contribution >= 4 is 11.7 Å². The Bertz CT molecular complexity index is 781. The van der Waals surface area contributed by atoms with Gasteiger partial charge in [0.1, 0.15) is 5.75 Å². The summed E-state index contributed by atoms with van der Waals surface area (Å²) in [5, 5.41) is 11.8. The standard InChI is InChI=1S/C20H20N2O3/c1-14(23)17-9-6-10-18(13-17)25-15(2)20(24)22-19(11-12-21)16-7-4-3-5-8-16/h3-10,13,15,19H,11H2,1-2H3,(H,22,24)/t15-,19-/m0/s1. The van der Waals surface area contributed by atoms with Crippen molar-refractivity contribution < 1.29 is 14.3 Å². The van der Waals surface area contributed by atoms with Crippen LogP contribution in [0.3, 0.4) is 0 Å². The molecule has 2 rings (SSSR count). The van der Waals surface area contributed by atoms with Crippen molar-refractivity contribution in [3.8, 4) is 11.8 Å². The molecule has 0 aliphatic carbocycles. The Morgan fingerprint density at radius 3 is 2.52 bits per heavy atom. The molecule has 0 spiro atoms. The molecule has 1 amide bonds. The number of hydrogen-bond donors (Lipinski definition) is 1. The van der Waals surface area contributed by atoms with Crippen molar-refractivity contribution in [2.75, 3.05) is 0 Å². The van der Waals surface area contributed by atoms with E-state index in [1.807, 2.05) is 30.3 Å². The molecule has 2 aromatic carbocycles. The highest BCUT2D eigenvalue weighted by Crippen LogP contribution is 2.18. The molecule has 0 radical (unpaired) electrons. The van der Waals surface area contributed by atoms with Gasteiger partial charge in [-0.25, -0.2) is 0 Å². The second kappa shape index (κ2) is 8.65. The molecule has 0 fully saturated rings. The first-order valence-electron chi connectivity index (χ1n) is 8.01. The fraction of sp³-hybridized carbons (Fsp3) is 0.250. The molecule has 0 saturated carbocycles. The second-order valence-corrected chi connectivity index (χ2v) is 5.68. The fourth-order valence-electron chi connectivity index (χ4n) is 2.36. The Morgan fingerprint density at radius 2 is 1.88 bits per heavy atom. The number of amides is 1. The number of nitriles is 1. The monoisotopic (exact) mass is 336 g/mol. The van der Waals surface area contributed by atoms with Gasteiger partial charge in [-0.2, -0.15) is 5.26 Å². The van der Waals surface area contributed by atoms with Crippen LogP contribution in [0.4, 0.5) is 0 Å². The van der Waals surface area contributed by atoms with Crippen LogP contribution in [0.5, 0.6) is 5.75 Å². The molecule has 0 bridgehead atoms. The second-order valence-electron chi connectivity index (χ2n) is 5.68. The van der Waals surface area contributed by atoms with Gasteiger partial charge in [-0.05, 0) is 31.5 Å². The number of ketones is 1. The van der Waals surface area contributed by atoms with Crippen LogP contribution in [0.25, 0.3) is 0 Å². The van der Waals surface area contributed by atoms with E-state index in [0.29, 0.717) is 11.3 Å². The van der Waals surface area contributed by atoms with Crippen LogP contribution in [0, 0.1) is 11.3 Å². The van der Waals surface area contributed by atoms with Crippen LogP contribution in [0.1, 0.15) is 42.2 Å². The van der Waals surface area contributed by atoms with Crippen LogP contribution in [-0.4, -0.2) is 17.8 Å². The third-order valence-corrected chi connectivity index (χ3v) is 3.74. The molecule has 0 heterocycles. The van der Waals surface area contributed by atoms with Crippen LogP contribution < -0.4 is 10.1 Å². The molecule has 2 atom stereocenters. The third kappa shape index (κ3) is 5.18. The number of carbonyl (C=O) groups excluding carboxylic acids is 2. The zero-order valence-corrected chi connectivity index (χ0v) is 14.2. The lowest BCUT2D eigenvalue weighted by atomic mass is 10.0. The Labute approximate surface area is 147 Å². The first-order valence-corrected chi connectivity index (χ1v) is 8.01. The molecule has 0 aliphatic rings. The van der Waals surface area contributed by atoms with Gasteiger partial charge in [-0.1, -0.05) is 42.5 Å². The summed E-state index contributed by atoms with van der Waals surface area (Å²) in [5.74, 6) is 0.0601. The molecule has 5 nitrogen and oxygen atoms in total. The molecule has 0 saturated heterocycles. The number of rotatable bonds is 7. The van der Waals surface area contributed by atoms with Crippen LogP contribution in [0.2, 0.25) is 0 Å². The minimum atomic E-state index is -0.757. The van der Waals surface area contributed by atoms with Gasteiger partial charge in [0.25, 0.3) is 5.91 Å². The van der Waals surface area contributed by atoms with Crippen molar-refractivity contribution in [1.29, 1.82) is 5.26 Å². The maximum Gasteiger partial charge on any atom is 0.261 e. The number of benzene rings is 2. The predicted molar refractivity (Wildman–Crippen MR) is 94.1 cm³/mol. The van der Waals surface area contributed by atoms with Gasteiger partial charge in [0.15, 0.2) is 11.9 Å². The van der Waals surface area contributed by atoms with E-state index < -0.39 is 12.1 Å². The van der Waals surface area contributed by atoms with Gasteiger partial charge >= 0.3 is 0 Å². The summed E-state index contributed by atoms with van der Waals surface area (Å²) in [6.45, 7) is 3.10. The van der Waals surface area contributed by atoms with Crippen molar-refractivity contribution in [2.24, 2.45) is 0 Å². The first-order chi connectivity index (χ1) is 12.0. The van der Waals surface area contributed by atoms with E-state index in [-0.39, 0.29) is 18.1 Å². The van der Waals surface area contributed by atoms with E-state index >= 15 is 0 Å². The molecule has 5 heteroatoms. The normalized spacial score (nSPS) is 12.5. The average Bonchev–Trinajstić information content (AvgIpc) is 2.62. The fourth-order valence-corrected chi connectivity index (χ4v) is 2.36. The SMILES string of the molecule is CC(=O)c1cccc(O[C@@H](C)C(=O)N[C@@H](CC#N)c2ccccc2)c1.